The Morgan fingerprint density at radius 3 is 2.38 bits per heavy atom. The highest BCUT2D eigenvalue weighted by molar-refractivity contribution is 7.88. The number of hydrogen-bond acceptors (Lipinski definition) is 4. The lowest BCUT2D eigenvalue weighted by Crippen LogP contribution is -2.43. The lowest BCUT2D eigenvalue weighted by Gasteiger charge is -2.31. The molecule has 1 aliphatic carbocycles. The lowest BCUT2D eigenvalue weighted by atomic mass is 9.99. The number of likely N-dealkylation sites (tertiary alicyclic amines) is 1. The molecule has 0 bridgehead atoms. The van der Waals surface area contributed by atoms with Crippen molar-refractivity contribution in [1.82, 2.24) is 14.5 Å². The van der Waals surface area contributed by atoms with Crippen LogP contribution in [0.5, 0.6) is 0 Å². The van der Waals surface area contributed by atoms with Crippen LogP contribution in [0.25, 0.3) is 0 Å². The van der Waals surface area contributed by atoms with Gasteiger partial charge in [0.15, 0.2) is 0 Å². The van der Waals surface area contributed by atoms with Crippen molar-refractivity contribution < 1.29 is 8.42 Å². The molecule has 6 heteroatoms. The largest absolute Gasteiger partial charge is 0.316 e. The Kier molecular flexibility index (Phi) is 4.88. The van der Waals surface area contributed by atoms with Crippen LogP contribution in [0.2, 0.25) is 0 Å². The predicted molar refractivity (Wildman–Crippen MR) is 84.7 cm³/mol. The van der Waals surface area contributed by atoms with Crippen LogP contribution >= 0.6 is 0 Å². The number of hydrogen-bond donors (Lipinski definition) is 1. The Morgan fingerprint density at radius 2 is 1.71 bits per heavy atom. The Bertz CT molecular complexity index is 450. The second kappa shape index (κ2) is 6.52. The van der Waals surface area contributed by atoms with Crippen molar-refractivity contribution in [2.45, 2.75) is 38.1 Å². The molecule has 3 fully saturated rings. The Balaban J connectivity index is 1.35. The summed E-state index contributed by atoms with van der Waals surface area (Å²) < 4.78 is 24.9. The molecule has 2 unspecified atom stereocenters. The average molecular weight is 315 g/mol. The number of piperidine rings is 1. The first kappa shape index (κ1) is 15.7. The minimum atomic E-state index is -3.01. The fourth-order valence-corrected chi connectivity index (χ4v) is 4.73. The SMILES string of the molecule is CS(=O)(=O)N1CCCC(CNCC2CCN(C3CC3)C2)C1. The smallest absolute Gasteiger partial charge is 0.211 e. The molecule has 3 rings (SSSR count). The Labute approximate surface area is 129 Å². The molecule has 21 heavy (non-hydrogen) atoms. The molecule has 5 nitrogen and oxygen atoms in total. The van der Waals surface area contributed by atoms with Crippen LogP contribution < -0.4 is 5.32 Å². The maximum Gasteiger partial charge on any atom is 0.211 e. The van der Waals surface area contributed by atoms with Crippen LogP contribution in [0, 0.1) is 11.8 Å². The van der Waals surface area contributed by atoms with E-state index in [1.54, 1.807) is 4.31 Å². The predicted octanol–water partition coefficient (Wildman–Crippen LogP) is 0.732. The first-order valence-corrected chi connectivity index (χ1v) is 10.3. The second-order valence-electron chi connectivity index (χ2n) is 7.17. The first-order chi connectivity index (χ1) is 10.0. The molecule has 3 aliphatic rings. The van der Waals surface area contributed by atoms with Gasteiger partial charge in [-0.15, -0.1) is 0 Å². The summed E-state index contributed by atoms with van der Waals surface area (Å²) in [6.07, 6.45) is 7.61. The van der Waals surface area contributed by atoms with Gasteiger partial charge in [0.2, 0.25) is 10.0 Å². The van der Waals surface area contributed by atoms with Gasteiger partial charge in [0.05, 0.1) is 6.26 Å². The van der Waals surface area contributed by atoms with Gasteiger partial charge in [0.25, 0.3) is 0 Å². The van der Waals surface area contributed by atoms with Crippen LogP contribution in [0.4, 0.5) is 0 Å². The maximum absolute atomic E-state index is 11.6. The van der Waals surface area contributed by atoms with Crippen molar-refractivity contribution in [2.24, 2.45) is 11.8 Å². The minimum absolute atomic E-state index is 0.481. The molecule has 2 atom stereocenters. The number of nitrogens with one attached hydrogen (secondary N) is 1. The molecule has 0 amide bonds. The number of sulfonamides is 1. The Hall–Kier alpha value is -0.170. The highest BCUT2D eigenvalue weighted by Gasteiger charge is 2.34. The molecule has 0 spiro atoms. The fourth-order valence-electron chi connectivity index (χ4n) is 3.79. The first-order valence-electron chi connectivity index (χ1n) is 8.42. The molecule has 2 heterocycles. The van der Waals surface area contributed by atoms with E-state index in [2.05, 4.69) is 10.2 Å². The average Bonchev–Trinajstić information content (AvgIpc) is 3.19. The van der Waals surface area contributed by atoms with Gasteiger partial charge in [-0.3, -0.25) is 0 Å². The molecule has 0 aromatic heterocycles. The van der Waals surface area contributed by atoms with Gasteiger partial charge >= 0.3 is 0 Å². The fraction of sp³-hybridized carbons (Fsp3) is 1.00. The van der Waals surface area contributed by atoms with Crippen molar-refractivity contribution in [1.29, 1.82) is 0 Å². The molecule has 1 N–H and O–H groups in total. The molecular formula is C15H29N3O2S. The molecule has 2 aliphatic heterocycles. The van der Waals surface area contributed by atoms with Crippen molar-refractivity contribution in [3.05, 3.63) is 0 Å². The van der Waals surface area contributed by atoms with Gasteiger partial charge < -0.3 is 10.2 Å². The van der Waals surface area contributed by atoms with E-state index in [0.717, 1.165) is 37.9 Å². The molecule has 0 aromatic carbocycles. The summed E-state index contributed by atoms with van der Waals surface area (Å²) in [4.78, 5) is 2.65. The third-order valence-corrected chi connectivity index (χ3v) is 6.47. The van der Waals surface area contributed by atoms with E-state index >= 15 is 0 Å². The zero-order chi connectivity index (χ0) is 14.9. The van der Waals surface area contributed by atoms with Gasteiger partial charge in [0, 0.05) is 25.7 Å². The van der Waals surface area contributed by atoms with Crippen molar-refractivity contribution in [3.8, 4) is 0 Å². The summed E-state index contributed by atoms with van der Waals surface area (Å²) in [5, 5.41) is 3.60. The molecule has 122 valence electrons. The van der Waals surface area contributed by atoms with E-state index in [1.807, 2.05) is 0 Å². The topological polar surface area (TPSA) is 52.7 Å². The number of nitrogens with zero attached hydrogens (tertiary/aromatic N) is 2. The maximum atomic E-state index is 11.6. The van der Waals surface area contributed by atoms with Crippen LogP contribution in [0.1, 0.15) is 32.1 Å². The molecule has 1 saturated carbocycles. The summed E-state index contributed by atoms with van der Waals surface area (Å²) in [5.74, 6) is 1.27. The van der Waals surface area contributed by atoms with Gasteiger partial charge in [-0.25, -0.2) is 12.7 Å². The third-order valence-electron chi connectivity index (χ3n) is 5.20. The zero-order valence-corrected chi connectivity index (χ0v) is 13.9. The van der Waals surface area contributed by atoms with Crippen molar-refractivity contribution in [3.63, 3.8) is 0 Å². The summed E-state index contributed by atoms with van der Waals surface area (Å²) in [6, 6.07) is 0.900. The van der Waals surface area contributed by atoms with Crippen LogP contribution in [0.15, 0.2) is 0 Å². The van der Waals surface area contributed by atoms with E-state index in [4.69, 9.17) is 0 Å². The van der Waals surface area contributed by atoms with E-state index in [1.165, 1.54) is 38.6 Å². The van der Waals surface area contributed by atoms with Gasteiger partial charge in [-0.2, -0.15) is 0 Å². The number of rotatable bonds is 6. The standard InChI is InChI=1S/C15H29N3O2S/c1-21(19,20)18-7-2-3-13(12-18)9-16-10-14-6-8-17(11-14)15-4-5-15/h13-16H,2-12H2,1H3. The summed E-state index contributed by atoms with van der Waals surface area (Å²) >= 11 is 0. The van der Waals surface area contributed by atoms with E-state index in [9.17, 15) is 8.42 Å². The highest BCUT2D eigenvalue weighted by atomic mass is 32.2. The zero-order valence-electron chi connectivity index (χ0n) is 13.1. The monoisotopic (exact) mass is 315 g/mol. The quantitative estimate of drug-likeness (QED) is 0.785. The van der Waals surface area contributed by atoms with Gasteiger partial charge in [-0.05, 0) is 63.6 Å². The van der Waals surface area contributed by atoms with E-state index in [-0.39, 0.29) is 0 Å². The summed E-state index contributed by atoms with van der Waals surface area (Å²) in [7, 11) is -3.01. The van der Waals surface area contributed by atoms with Crippen LogP contribution in [-0.4, -0.2) is 69.2 Å². The molecule has 2 saturated heterocycles. The normalized spacial score (nSPS) is 32.6. The van der Waals surface area contributed by atoms with E-state index < -0.39 is 10.0 Å². The van der Waals surface area contributed by atoms with Crippen LogP contribution in [-0.2, 0) is 10.0 Å². The third kappa shape index (κ3) is 4.41. The van der Waals surface area contributed by atoms with Crippen LogP contribution in [0.3, 0.4) is 0 Å². The Morgan fingerprint density at radius 1 is 1.00 bits per heavy atom. The summed E-state index contributed by atoms with van der Waals surface area (Å²) in [5.41, 5.74) is 0. The lowest BCUT2D eigenvalue weighted by molar-refractivity contribution is 0.257. The molecule has 0 radical (unpaired) electrons. The van der Waals surface area contributed by atoms with Gasteiger partial charge in [-0.1, -0.05) is 0 Å². The summed E-state index contributed by atoms with van der Waals surface area (Å²) in [6.45, 7) is 6.00. The second-order valence-corrected chi connectivity index (χ2v) is 9.15. The highest BCUT2D eigenvalue weighted by Crippen LogP contribution is 2.31. The van der Waals surface area contributed by atoms with Crippen molar-refractivity contribution >= 4 is 10.0 Å². The minimum Gasteiger partial charge on any atom is -0.316 e. The molecule has 0 aromatic rings. The van der Waals surface area contributed by atoms with Gasteiger partial charge in [0.1, 0.15) is 0 Å². The van der Waals surface area contributed by atoms with E-state index in [0.29, 0.717) is 19.0 Å². The van der Waals surface area contributed by atoms with Crippen molar-refractivity contribution in [2.75, 3.05) is 45.5 Å². The molecular weight excluding hydrogens is 286 g/mol.